The number of para-hydroxylation sites is 1. The number of aromatic nitrogens is 5. The number of hydrogen-bond donors (Lipinski definition) is 0. The van der Waals surface area contributed by atoms with Crippen LogP contribution in [-0.4, -0.2) is 24.1 Å². The fourth-order valence-electron chi connectivity index (χ4n) is 10.5. The number of rotatable bonds is 3. The van der Waals surface area contributed by atoms with Gasteiger partial charge in [-0.05, 0) is 58.0 Å². The van der Waals surface area contributed by atoms with Gasteiger partial charge in [0.1, 0.15) is 0 Å². The molecule has 0 spiro atoms. The largest absolute Gasteiger partial charge is 0.309 e. The lowest BCUT2D eigenvalue weighted by Crippen LogP contribution is -2.44. The van der Waals surface area contributed by atoms with E-state index in [0.29, 0.717) is 23.5 Å². The van der Waals surface area contributed by atoms with Gasteiger partial charge in [0.15, 0.2) is 11.6 Å². The Hall–Kier alpha value is -6.59. The zero-order chi connectivity index (χ0) is 37.5. The standard InChI is InChI=1S/C51H39N5/c1-30-29-51(4)38-23-13-21-35-42-39(55(46(35)38)41-24-14-22-37(44(41)51)50(30,2)3)27-28-40-43(42)36-26-25-31-15-11-12-20-34(31)45(36)56(40)49-53-47(32-16-7-5-8-17-32)52-48(54-49)33-18-9-6-10-19-33/h5-28,30H,29H2,1-4H3. The first-order valence-corrected chi connectivity index (χ1v) is 19.8. The van der Waals surface area contributed by atoms with E-state index in [-0.39, 0.29) is 10.8 Å². The van der Waals surface area contributed by atoms with Crippen LogP contribution in [0.1, 0.15) is 50.8 Å². The van der Waals surface area contributed by atoms with Crippen LogP contribution >= 0.6 is 0 Å². The summed E-state index contributed by atoms with van der Waals surface area (Å²) in [6, 6.07) is 52.5. The molecule has 268 valence electrons. The van der Waals surface area contributed by atoms with E-state index in [2.05, 4.69) is 146 Å². The van der Waals surface area contributed by atoms with Gasteiger partial charge >= 0.3 is 0 Å². The topological polar surface area (TPSA) is 48.5 Å². The maximum absolute atomic E-state index is 5.30. The molecule has 0 radical (unpaired) electrons. The summed E-state index contributed by atoms with van der Waals surface area (Å²) in [7, 11) is 0. The van der Waals surface area contributed by atoms with Crippen LogP contribution < -0.4 is 0 Å². The third kappa shape index (κ3) is 4.02. The van der Waals surface area contributed by atoms with Gasteiger partial charge in [-0.2, -0.15) is 9.97 Å². The molecule has 1 aliphatic carbocycles. The van der Waals surface area contributed by atoms with Crippen molar-refractivity contribution in [3.8, 4) is 34.4 Å². The predicted octanol–water partition coefficient (Wildman–Crippen LogP) is 12.5. The van der Waals surface area contributed by atoms with Crippen molar-refractivity contribution in [2.75, 3.05) is 0 Å². The Morgan fingerprint density at radius 3 is 1.82 bits per heavy atom. The van der Waals surface area contributed by atoms with E-state index < -0.39 is 0 Å². The number of nitrogens with zero attached hydrogens (tertiary/aromatic N) is 5. The quantitative estimate of drug-likeness (QED) is 0.182. The summed E-state index contributed by atoms with van der Waals surface area (Å²) in [6.45, 7) is 9.82. The highest BCUT2D eigenvalue weighted by atomic mass is 15.2. The monoisotopic (exact) mass is 721 g/mol. The highest BCUT2D eigenvalue weighted by Gasteiger charge is 2.49. The molecule has 0 amide bonds. The van der Waals surface area contributed by atoms with Gasteiger partial charge < -0.3 is 4.57 Å². The second kappa shape index (κ2) is 11.0. The SMILES string of the molecule is CC1CC2(C)c3c(cccc3C1(C)C)-n1c3ccc4c(c5ccc6ccccc6c5n4-c4nc(-c5ccccc5)nc(-c5ccccc5)n4)c3c3cccc2c31. The highest BCUT2D eigenvalue weighted by molar-refractivity contribution is 6.31. The van der Waals surface area contributed by atoms with E-state index in [1.165, 1.54) is 60.3 Å². The van der Waals surface area contributed by atoms with Gasteiger partial charge in [0.05, 0.1) is 27.8 Å². The molecule has 5 heteroatoms. The number of benzene rings is 7. The van der Waals surface area contributed by atoms with Crippen LogP contribution in [0.5, 0.6) is 0 Å². The zero-order valence-electron chi connectivity index (χ0n) is 31.9. The molecule has 56 heavy (non-hydrogen) atoms. The third-order valence-electron chi connectivity index (χ3n) is 13.5. The van der Waals surface area contributed by atoms with Gasteiger partial charge in [0.2, 0.25) is 5.95 Å². The Kier molecular flexibility index (Phi) is 6.24. The van der Waals surface area contributed by atoms with E-state index in [1.54, 1.807) is 0 Å². The van der Waals surface area contributed by atoms with Crippen molar-refractivity contribution < 1.29 is 0 Å². The molecule has 2 unspecified atom stereocenters. The highest BCUT2D eigenvalue weighted by Crippen LogP contribution is 2.58. The third-order valence-corrected chi connectivity index (χ3v) is 13.5. The van der Waals surface area contributed by atoms with Crippen molar-refractivity contribution >= 4 is 54.4 Å². The molecule has 2 aliphatic rings. The molecular formula is C51H39N5. The maximum Gasteiger partial charge on any atom is 0.238 e. The van der Waals surface area contributed by atoms with E-state index in [0.717, 1.165) is 34.0 Å². The normalized spacial score (nSPS) is 18.3. The first-order chi connectivity index (χ1) is 27.3. The van der Waals surface area contributed by atoms with Crippen LogP contribution in [-0.2, 0) is 10.8 Å². The van der Waals surface area contributed by atoms with Crippen molar-refractivity contribution in [2.24, 2.45) is 5.92 Å². The number of hydrogen-bond acceptors (Lipinski definition) is 3. The molecule has 2 atom stereocenters. The van der Waals surface area contributed by atoms with Crippen LogP contribution in [0.25, 0.3) is 88.8 Å². The van der Waals surface area contributed by atoms with Gasteiger partial charge in [-0.25, -0.2) is 4.98 Å². The van der Waals surface area contributed by atoms with Gasteiger partial charge in [-0.15, -0.1) is 0 Å². The molecule has 0 N–H and O–H groups in total. The van der Waals surface area contributed by atoms with Crippen molar-refractivity contribution in [1.29, 1.82) is 0 Å². The molecule has 3 aromatic heterocycles. The maximum atomic E-state index is 5.30. The Morgan fingerprint density at radius 1 is 0.518 bits per heavy atom. The Labute approximate surface area is 324 Å². The lowest BCUT2D eigenvalue weighted by atomic mass is 9.54. The summed E-state index contributed by atoms with van der Waals surface area (Å²) < 4.78 is 4.88. The average molecular weight is 722 g/mol. The van der Waals surface area contributed by atoms with E-state index in [9.17, 15) is 0 Å². The molecule has 5 nitrogen and oxygen atoms in total. The molecule has 0 bridgehead atoms. The smallest absolute Gasteiger partial charge is 0.238 e. The van der Waals surface area contributed by atoms with Crippen molar-refractivity contribution in [2.45, 2.75) is 44.9 Å². The van der Waals surface area contributed by atoms with E-state index >= 15 is 0 Å². The average Bonchev–Trinajstić information content (AvgIpc) is 3.76. The summed E-state index contributed by atoms with van der Waals surface area (Å²) in [5.41, 5.74) is 12.3. The second-order valence-electron chi connectivity index (χ2n) is 16.8. The molecule has 0 fully saturated rings. The summed E-state index contributed by atoms with van der Waals surface area (Å²) in [6.07, 6.45) is 1.11. The van der Waals surface area contributed by atoms with Gasteiger partial charge in [-0.3, -0.25) is 4.57 Å². The molecule has 12 rings (SSSR count). The first-order valence-electron chi connectivity index (χ1n) is 19.8. The van der Waals surface area contributed by atoms with Crippen LogP contribution in [0, 0.1) is 5.92 Å². The molecule has 0 saturated carbocycles. The fourth-order valence-corrected chi connectivity index (χ4v) is 10.5. The van der Waals surface area contributed by atoms with Crippen LogP contribution in [0.4, 0.5) is 0 Å². The molecule has 1 aliphatic heterocycles. The molecular weight excluding hydrogens is 683 g/mol. The fraction of sp³-hybridized carbons (Fsp3) is 0.157. The van der Waals surface area contributed by atoms with Gasteiger partial charge in [-0.1, -0.05) is 155 Å². The van der Waals surface area contributed by atoms with Gasteiger partial charge in [0, 0.05) is 43.5 Å². The lowest BCUT2D eigenvalue weighted by molar-refractivity contribution is 0.244. The van der Waals surface area contributed by atoms with Gasteiger partial charge in [0.25, 0.3) is 0 Å². The van der Waals surface area contributed by atoms with Crippen molar-refractivity contribution in [1.82, 2.24) is 24.1 Å². The van der Waals surface area contributed by atoms with E-state index in [1.807, 2.05) is 36.4 Å². The van der Waals surface area contributed by atoms with Crippen LogP contribution in [0.2, 0.25) is 0 Å². The minimum Gasteiger partial charge on any atom is -0.309 e. The summed E-state index contributed by atoms with van der Waals surface area (Å²) >= 11 is 0. The van der Waals surface area contributed by atoms with Crippen molar-refractivity contribution in [3.63, 3.8) is 0 Å². The molecule has 10 aromatic rings. The van der Waals surface area contributed by atoms with E-state index in [4.69, 9.17) is 15.0 Å². The Bertz CT molecular complexity index is 3220. The van der Waals surface area contributed by atoms with Crippen LogP contribution in [0.15, 0.2) is 146 Å². The molecule has 0 saturated heterocycles. The summed E-state index contributed by atoms with van der Waals surface area (Å²) in [5.74, 6) is 2.42. The lowest BCUT2D eigenvalue weighted by Gasteiger charge is -2.50. The Balaban J connectivity index is 1.26. The first kappa shape index (κ1) is 31.7. The summed E-state index contributed by atoms with van der Waals surface area (Å²) in [4.78, 5) is 15.7. The number of fused-ring (bicyclic) bond motifs is 11. The minimum absolute atomic E-state index is 0.0721. The van der Waals surface area contributed by atoms with Crippen molar-refractivity contribution in [3.05, 3.63) is 162 Å². The van der Waals surface area contributed by atoms with Crippen LogP contribution in [0.3, 0.4) is 0 Å². The minimum atomic E-state index is -0.0966. The molecule has 7 aromatic carbocycles. The second-order valence-corrected chi connectivity index (χ2v) is 16.8. The Morgan fingerprint density at radius 2 is 1.11 bits per heavy atom. The molecule has 4 heterocycles. The zero-order valence-corrected chi connectivity index (χ0v) is 31.9. The predicted molar refractivity (Wildman–Crippen MR) is 230 cm³/mol. The summed E-state index contributed by atoms with van der Waals surface area (Å²) in [5, 5.41) is 7.30.